The molecule has 0 bridgehead atoms. The Kier molecular flexibility index (Phi) is 4.90. The highest BCUT2D eigenvalue weighted by molar-refractivity contribution is 8.00. The van der Waals surface area contributed by atoms with Crippen LogP contribution in [0.2, 0.25) is 0 Å². The molecule has 104 valence electrons. The normalized spacial score (nSPS) is 10.6. The summed E-state index contributed by atoms with van der Waals surface area (Å²) in [5, 5.41) is 0. The predicted octanol–water partition coefficient (Wildman–Crippen LogP) is 4.18. The van der Waals surface area contributed by atoms with Crippen LogP contribution >= 0.6 is 11.8 Å². The first-order chi connectivity index (χ1) is 9.56. The van der Waals surface area contributed by atoms with Gasteiger partial charge >= 0.3 is 0 Å². The highest BCUT2D eigenvalue weighted by atomic mass is 32.2. The molecule has 2 aromatic carbocycles. The van der Waals surface area contributed by atoms with Crippen molar-refractivity contribution in [1.29, 1.82) is 0 Å². The van der Waals surface area contributed by atoms with Crippen molar-refractivity contribution in [2.24, 2.45) is 0 Å². The summed E-state index contributed by atoms with van der Waals surface area (Å²) in [5.41, 5.74) is 1.23. The lowest BCUT2D eigenvalue weighted by Gasteiger charge is -2.04. The SMILES string of the molecule is Cc1cccc(SCC(=O)Cc2cccc(F)c2F)c1. The zero-order chi connectivity index (χ0) is 14.5. The lowest BCUT2D eigenvalue weighted by Crippen LogP contribution is -2.08. The van der Waals surface area contributed by atoms with Gasteiger partial charge in [0, 0.05) is 11.3 Å². The molecule has 2 rings (SSSR count). The second-order valence-electron chi connectivity index (χ2n) is 4.53. The number of Topliss-reactive ketones (excluding diaryl/α,β-unsaturated/α-hetero) is 1. The van der Waals surface area contributed by atoms with E-state index in [1.165, 1.54) is 23.9 Å². The second-order valence-corrected chi connectivity index (χ2v) is 5.58. The molecule has 0 N–H and O–H groups in total. The van der Waals surface area contributed by atoms with Crippen molar-refractivity contribution in [2.45, 2.75) is 18.2 Å². The maximum atomic E-state index is 13.4. The fraction of sp³-hybridized carbons (Fsp3) is 0.188. The third kappa shape index (κ3) is 3.90. The maximum absolute atomic E-state index is 13.4. The molecule has 4 heteroatoms. The van der Waals surface area contributed by atoms with Crippen LogP contribution in [0.5, 0.6) is 0 Å². The molecule has 20 heavy (non-hydrogen) atoms. The molecule has 0 atom stereocenters. The van der Waals surface area contributed by atoms with E-state index in [1.54, 1.807) is 0 Å². The Labute approximate surface area is 121 Å². The quantitative estimate of drug-likeness (QED) is 0.769. The van der Waals surface area contributed by atoms with Gasteiger partial charge in [0.15, 0.2) is 11.6 Å². The van der Waals surface area contributed by atoms with Crippen LogP contribution in [0.25, 0.3) is 0 Å². The molecule has 0 spiro atoms. The fourth-order valence-electron chi connectivity index (χ4n) is 1.82. The number of thioether (sulfide) groups is 1. The largest absolute Gasteiger partial charge is 0.298 e. The van der Waals surface area contributed by atoms with Crippen molar-refractivity contribution in [3.8, 4) is 0 Å². The number of hydrogen-bond acceptors (Lipinski definition) is 2. The van der Waals surface area contributed by atoms with Crippen LogP contribution < -0.4 is 0 Å². The summed E-state index contributed by atoms with van der Waals surface area (Å²) in [6.07, 6.45) is -0.0809. The number of ketones is 1. The van der Waals surface area contributed by atoms with Gasteiger partial charge in [0.05, 0.1) is 5.75 Å². The highest BCUT2D eigenvalue weighted by Gasteiger charge is 2.12. The van der Waals surface area contributed by atoms with Crippen molar-refractivity contribution in [3.63, 3.8) is 0 Å². The molecule has 0 radical (unpaired) electrons. The molecule has 0 aromatic heterocycles. The highest BCUT2D eigenvalue weighted by Crippen LogP contribution is 2.20. The number of carbonyl (C=O) groups excluding carboxylic acids is 1. The van der Waals surface area contributed by atoms with Gasteiger partial charge in [-0.25, -0.2) is 8.78 Å². The van der Waals surface area contributed by atoms with Gasteiger partial charge < -0.3 is 0 Å². The van der Waals surface area contributed by atoms with Crippen LogP contribution in [-0.2, 0) is 11.2 Å². The minimum atomic E-state index is -0.929. The molecule has 2 aromatic rings. The summed E-state index contributed by atoms with van der Waals surface area (Å²) in [7, 11) is 0. The van der Waals surface area contributed by atoms with Crippen LogP contribution in [0.3, 0.4) is 0 Å². The van der Waals surface area contributed by atoms with Crippen molar-refractivity contribution >= 4 is 17.5 Å². The number of halogens is 2. The van der Waals surface area contributed by atoms with E-state index in [0.29, 0.717) is 0 Å². The minimum Gasteiger partial charge on any atom is -0.298 e. The zero-order valence-corrected chi connectivity index (χ0v) is 11.8. The van der Waals surface area contributed by atoms with Crippen LogP contribution in [0.4, 0.5) is 8.78 Å². The summed E-state index contributed by atoms with van der Waals surface area (Å²) in [6.45, 7) is 1.98. The van der Waals surface area contributed by atoms with Gasteiger partial charge in [-0.05, 0) is 30.7 Å². The molecule has 0 aliphatic heterocycles. The average Bonchev–Trinajstić information content (AvgIpc) is 2.42. The summed E-state index contributed by atoms with van der Waals surface area (Å²) in [4.78, 5) is 12.8. The predicted molar refractivity (Wildman–Crippen MR) is 77.0 cm³/mol. The van der Waals surface area contributed by atoms with Crippen LogP contribution in [0, 0.1) is 18.6 Å². The molecule has 0 fully saturated rings. The lowest BCUT2D eigenvalue weighted by molar-refractivity contribution is -0.116. The van der Waals surface area contributed by atoms with Gasteiger partial charge in [-0.15, -0.1) is 11.8 Å². The lowest BCUT2D eigenvalue weighted by atomic mass is 10.1. The molecule has 0 heterocycles. The van der Waals surface area contributed by atoms with Gasteiger partial charge in [-0.2, -0.15) is 0 Å². The van der Waals surface area contributed by atoms with Gasteiger partial charge in [0.25, 0.3) is 0 Å². The van der Waals surface area contributed by atoms with Crippen molar-refractivity contribution in [1.82, 2.24) is 0 Å². The first-order valence-electron chi connectivity index (χ1n) is 6.20. The Hall–Kier alpha value is -1.68. The van der Waals surface area contributed by atoms with Crippen LogP contribution in [-0.4, -0.2) is 11.5 Å². The number of hydrogen-bond donors (Lipinski definition) is 0. The van der Waals surface area contributed by atoms with Crippen LogP contribution in [0.15, 0.2) is 47.4 Å². The Morgan fingerprint density at radius 3 is 2.65 bits per heavy atom. The number of aryl methyl sites for hydroxylation is 1. The van der Waals surface area contributed by atoms with Gasteiger partial charge in [-0.3, -0.25) is 4.79 Å². The van der Waals surface area contributed by atoms with Crippen LogP contribution in [0.1, 0.15) is 11.1 Å². The first-order valence-corrected chi connectivity index (χ1v) is 7.19. The molecule has 1 nitrogen and oxygen atoms in total. The maximum Gasteiger partial charge on any atom is 0.162 e. The topological polar surface area (TPSA) is 17.1 Å². The second kappa shape index (κ2) is 6.66. The Bertz CT molecular complexity index is 626. The molecule has 0 amide bonds. The minimum absolute atomic E-state index is 0.0809. The number of benzene rings is 2. The Morgan fingerprint density at radius 1 is 1.15 bits per heavy atom. The monoisotopic (exact) mass is 292 g/mol. The van der Waals surface area contributed by atoms with E-state index < -0.39 is 11.6 Å². The van der Waals surface area contributed by atoms with E-state index in [2.05, 4.69) is 0 Å². The average molecular weight is 292 g/mol. The summed E-state index contributed by atoms with van der Waals surface area (Å²) < 4.78 is 26.5. The van der Waals surface area contributed by atoms with Crippen molar-refractivity contribution in [2.75, 3.05) is 5.75 Å². The van der Waals surface area contributed by atoms with Gasteiger partial charge in [0.1, 0.15) is 5.78 Å². The molecule has 0 aliphatic carbocycles. The first kappa shape index (κ1) is 14.7. The van der Waals surface area contributed by atoms with Crippen molar-refractivity contribution in [3.05, 3.63) is 65.2 Å². The van der Waals surface area contributed by atoms with E-state index >= 15 is 0 Å². The number of rotatable bonds is 5. The standard InChI is InChI=1S/C16H14F2OS/c1-11-4-2-6-14(8-11)20-10-13(19)9-12-5-3-7-15(17)16(12)18/h2-8H,9-10H2,1H3. The smallest absolute Gasteiger partial charge is 0.162 e. The zero-order valence-electron chi connectivity index (χ0n) is 11.0. The number of carbonyl (C=O) groups is 1. The van der Waals surface area contributed by atoms with E-state index in [-0.39, 0.29) is 23.5 Å². The van der Waals surface area contributed by atoms with Gasteiger partial charge in [0.2, 0.25) is 0 Å². The molecule has 0 saturated carbocycles. The molecular formula is C16H14F2OS. The molecule has 0 saturated heterocycles. The fourth-order valence-corrected chi connectivity index (χ4v) is 2.69. The third-order valence-electron chi connectivity index (χ3n) is 2.81. The van der Waals surface area contributed by atoms with E-state index in [1.807, 2.05) is 31.2 Å². The molecule has 0 aliphatic rings. The Balaban J connectivity index is 1.94. The third-order valence-corrected chi connectivity index (χ3v) is 3.86. The van der Waals surface area contributed by atoms with E-state index in [9.17, 15) is 13.6 Å². The summed E-state index contributed by atoms with van der Waals surface area (Å²) >= 11 is 1.41. The van der Waals surface area contributed by atoms with Crippen molar-refractivity contribution < 1.29 is 13.6 Å². The molecular weight excluding hydrogens is 278 g/mol. The van der Waals surface area contributed by atoms with E-state index in [0.717, 1.165) is 16.5 Å². The molecule has 0 unspecified atom stereocenters. The Morgan fingerprint density at radius 2 is 1.90 bits per heavy atom. The van der Waals surface area contributed by atoms with E-state index in [4.69, 9.17) is 0 Å². The summed E-state index contributed by atoms with van der Waals surface area (Å²) in [6, 6.07) is 11.7. The summed E-state index contributed by atoms with van der Waals surface area (Å²) in [5.74, 6) is -1.72. The van der Waals surface area contributed by atoms with Gasteiger partial charge in [-0.1, -0.05) is 29.8 Å².